The Kier molecular flexibility index (Phi) is 7.46. The van der Waals surface area contributed by atoms with Crippen LogP contribution in [0.15, 0.2) is 0 Å². The molecule has 0 radical (unpaired) electrons. The van der Waals surface area contributed by atoms with Crippen LogP contribution in [0.5, 0.6) is 0 Å². The molecular weight excluding hydrogens is 254 g/mol. The molecule has 1 saturated carbocycles. The smallest absolute Gasteiger partial charge is 0.232 e. The summed E-state index contributed by atoms with van der Waals surface area (Å²) < 4.78 is 22.4. The Morgan fingerprint density at radius 3 is 2.44 bits per heavy atom. The van der Waals surface area contributed by atoms with Gasteiger partial charge in [0.15, 0.2) is 6.29 Å². The lowest BCUT2D eigenvalue weighted by molar-refractivity contribution is -0.136. The molecule has 6 heteroatoms. The van der Waals surface area contributed by atoms with Crippen LogP contribution in [0.4, 0.5) is 0 Å². The van der Waals surface area contributed by atoms with Gasteiger partial charge in [-0.1, -0.05) is 0 Å². The molecule has 0 aliphatic heterocycles. The molecule has 5 nitrogen and oxygen atoms in total. The van der Waals surface area contributed by atoms with E-state index in [4.69, 9.17) is 9.47 Å². The second-order valence-corrected chi connectivity index (χ2v) is 5.84. The summed E-state index contributed by atoms with van der Waals surface area (Å²) in [6.45, 7) is 4.93. The zero-order valence-corrected chi connectivity index (χ0v) is 12.0. The quantitative estimate of drug-likeness (QED) is 0.600. The Morgan fingerprint density at radius 2 is 1.94 bits per heavy atom. The highest BCUT2D eigenvalue weighted by Gasteiger charge is 2.24. The number of hydrogen-bond acceptors (Lipinski definition) is 4. The average Bonchev–Trinajstić information content (AvgIpc) is 3.10. The van der Waals surface area contributed by atoms with Crippen molar-refractivity contribution >= 4 is 16.7 Å². The van der Waals surface area contributed by atoms with Gasteiger partial charge in [-0.05, 0) is 26.7 Å². The number of amides is 1. The van der Waals surface area contributed by atoms with E-state index in [1.165, 1.54) is 0 Å². The molecule has 1 atom stereocenters. The maximum absolute atomic E-state index is 11.7. The first-order valence-corrected chi connectivity index (χ1v) is 8.02. The predicted molar refractivity (Wildman–Crippen MR) is 70.7 cm³/mol. The van der Waals surface area contributed by atoms with Crippen molar-refractivity contribution in [2.75, 3.05) is 24.7 Å². The van der Waals surface area contributed by atoms with E-state index in [2.05, 4.69) is 5.32 Å². The molecule has 1 N–H and O–H groups in total. The van der Waals surface area contributed by atoms with E-state index >= 15 is 0 Å². The van der Waals surface area contributed by atoms with Crippen molar-refractivity contribution in [1.29, 1.82) is 0 Å². The third-order valence-electron chi connectivity index (χ3n) is 2.52. The topological polar surface area (TPSA) is 64.6 Å². The van der Waals surface area contributed by atoms with E-state index in [-0.39, 0.29) is 18.0 Å². The fourth-order valence-electron chi connectivity index (χ4n) is 1.53. The summed E-state index contributed by atoms with van der Waals surface area (Å²) in [5.74, 6) is 0.407. The van der Waals surface area contributed by atoms with E-state index in [0.717, 1.165) is 12.8 Å². The van der Waals surface area contributed by atoms with Crippen LogP contribution in [0.3, 0.4) is 0 Å². The second-order valence-electron chi connectivity index (χ2n) is 4.26. The Balaban J connectivity index is 2.14. The summed E-state index contributed by atoms with van der Waals surface area (Å²) in [7, 11) is -1.14. The molecule has 1 unspecified atom stereocenters. The van der Waals surface area contributed by atoms with Gasteiger partial charge in [-0.2, -0.15) is 0 Å². The molecule has 1 amide bonds. The molecule has 1 rings (SSSR count). The van der Waals surface area contributed by atoms with E-state index in [0.29, 0.717) is 31.4 Å². The Bertz CT molecular complexity index is 275. The van der Waals surface area contributed by atoms with Gasteiger partial charge in [0.2, 0.25) is 5.91 Å². The van der Waals surface area contributed by atoms with E-state index in [1.807, 2.05) is 13.8 Å². The highest BCUT2D eigenvalue weighted by atomic mass is 32.2. The number of carbonyl (C=O) groups excluding carboxylic acids is 1. The van der Waals surface area contributed by atoms with Crippen LogP contribution >= 0.6 is 0 Å². The van der Waals surface area contributed by atoms with Crippen molar-refractivity contribution in [3.8, 4) is 0 Å². The van der Waals surface area contributed by atoms with Crippen LogP contribution in [-0.2, 0) is 25.1 Å². The van der Waals surface area contributed by atoms with E-state index in [1.54, 1.807) is 0 Å². The first-order chi connectivity index (χ1) is 8.65. The molecule has 0 bridgehead atoms. The van der Waals surface area contributed by atoms with Gasteiger partial charge in [0, 0.05) is 42.2 Å². The highest BCUT2D eigenvalue weighted by Crippen LogP contribution is 2.18. The van der Waals surface area contributed by atoms with Crippen molar-refractivity contribution in [1.82, 2.24) is 5.32 Å². The number of ether oxygens (including phenoxy) is 2. The normalized spacial score (nSPS) is 16.8. The summed E-state index contributed by atoms with van der Waals surface area (Å²) in [5.41, 5.74) is 0. The second kappa shape index (κ2) is 8.61. The van der Waals surface area contributed by atoms with E-state index < -0.39 is 10.8 Å². The summed E-state index contributed by atoms with van der Waals surface area (Å²) in [6.07, 6.45) is 2.35. The van der Waals surface area contributed by atoms with Crippen molar-refractivity contribution in [3.05, 3.63) is 0 Å². The molecule has 0 aromatic carbocycles. The third-order valence-corrected chi connectivity index (χ3v) is 3.80. The fourth-order valence-corrected chi connectivity index (χ4v) is 2.51. The van der Waals surface area contributed by atoms with Gasteiger partial charge in [0.25, 0.3) is 0 Å². The maximum Gasteiger partial charge on any atom is 0.232 e. The SMILES string of the molecule is CCOC(CCS(=O)CC(=O)NC1CC1)OCC. The van der Waals surface area contributed by atoms with Crippen molar-refractivity contribution in [3.63, 3.8) is 0 Å². The Hall–Kier alpha value is -0.460. The summed E-state index contributed by atoms with van der Waals surface area (Å²) in [4.78, 5) is 11.4. The predicted octanol–water partition coefficient (Wildman–Crippen LogP) is 0.803. The first kappa shape index (κ1) is 15.6. The summed E-state index contributed by atoms with van der Waals surface area (Å²) in [6, 6.07) is 0.328. The largest absolute Gasteiger partial charge is 0.353 e. The Morgan fingerprint density at radius 1 is 1.33 bits per heavy atom. The van der Waals surface area contributed by atoms with Gasteiger partial charge >= 0.3 is 0 Å². The van der Waals surface area contributed by atoms with Crippen molar-refractivity contribution in [2.45, 2.75) is 45.4 Å². The van der Waals surface area contributed by atoms with Crippen LogP contribution in [0.25, 0.3) is 0 Å². The number of carbonyl (C=O) groups is 1. The number of nitrogens with one attached hydrogen (secondary N) is 1. The van der Waals surface area contributed by atoms with Crippen LogP contribution in [0.1, 0.15) is 33.1 Å². The van der Waals surface area contributed by atoms with Gasteiger partial charge in [-0.15, -0.1) is 0 Å². The molecule has 1 fully saturated rings. The molecule has 1 aliphatic carbocycles. The number of rotatable bonds is 10. The average molecular weight is 277 g/mol. The van der Waals surface area contributed by atoms with Crippen LogP contribution in [0, 0.1) is 0 Å². The highest BCUT2D eigenvalue weighted by molar-refractivity contribution is 7.85. The summed E-state index contributed by atoms with van der Waals surface area (Å²) >= 11 is 0. The van der Waals surface area contributed by atoms with Gasteiger partial charge in [-0.25, -0.2) is 0 Å². The molecule has 0 aromatic rings. The standard InChI is InChI=1S/C12H23NO4S/c1-3-16-12(17-4-2)7-8-18(15)9-11(14)13-10-5-6-10/h10,12H,3-9H2,1-2H3,(H,13,14). The van der Waals surface area contributed by atoms with Gasteiger partial charge in [0.05, 0.1) is 0 Å². The monoisotopic (exact) mass is 277 g/mol. The minimum absolute atomic E-state index is 0.0848. The molecule has 1 aliphatic rings. The lowest BCUT2D eigenvalue weighted by atomic mass is 10.5. The van der Waals surface area contributed by atoms with Gasteiger partial charge < -0.3 is 14.8 Å². The molecule has 0 spiro atoms. The minimum atomic E-state index is -1.14. The van der Waals surface area contributed by atoms with E-state index in [9.17, 15) is 9.00 Å². The number of hydrogen-bond donors (Lipinski definition) is 1. The van der Waals surface area contributed by atoms with Crippen LogP contribution < -0.4 is 5.32 Å². The van der Waals surface area contributed by atoms with Gasteiger partial charge in [0.1, 0.15) is 5.75 Å². The lowest BCUT2D eigenvalue weighted by Crippen LogP contribution is -2.31. The van der Waals surface area contributed by atoms with Crippen LogP contribution in [0.2, 0.25) is 0 Å². The first-order valence-electron chi connectivity index (χ1n) is 6.53. The molecule has 0 heterocycles. The summed E-state index contributed by atoms with van der Waals surface area (Å²) in [5, 5.41) is 2.83. The zero-order chi connectivity index (χ0) is 13.4. The molecular formula is C12H23NO4S. The molecule has 106 valence electrons. The third kappa shape index (κ3) is 7.08. The molecule has 0 saturated heterocycles. The Labute approximate surface area is 111 Å². The van der Waals surface area contributed by atoms with Crippen molar-refractivity contribution < 1.29 is 18.5 Å². The fraction of sp³-hybridized carbons (Fsp3) is 0.917. The minimum Gasteiger partial charge on any atom is -0.353 e. The molecule has 18 heavy (non-hydrogen) atoms. The van der Waals surface area contributed by atoms with Crippen molar-refractivity contribution in [2.24, 2.45) is 0 Å². The van der Waals surface area contributed by atoms with Gasteiger partial charge in [-0.3, -0.25) is 9.00 Å². The lowest BCUT2D eigenvalue weighted by Gasteiger charge is -2.16. The maximum atomic E-state index is 11.7. The zero-order valence-electron chi connectivity index (χ0n) is 11.1. The molecule has 0 aromatic heterocycles. The van der Waals surface area contributed by atoms with Crippen LogP contribution in [-0.4, -0.2) is 47.2 Å².